The van der Waals surface area contributed by atoms with Crippen LogP contribution >= 0.6 is 0 Å². The maximum Gasteiger partial charge on any atom is 0.307 e. The quantitative estimate of drug-likeness (QED) is 0.878. The third kappa shape index (κ3) is 1.96. The Morgan fingerprint density at radius 2 is 2.00 bits per heavy atom. The van der Waals surface area contributed by atoms with Crippen molar-refractivity contribution in [2.24, 2.45) is 23.7 Å². The van der Waals surface area contributed by atoms with E-state index < -0.39 is 12.1 Å². The molecular weight excluding hydrogens is 294 g/mol. The van der Waals surface area contributed by atoms with Crippen molar-refractivity contribution in [1.82, 2.24) is 5.32 Å². The van der Waals surface area contributed by atoms with E-state index in [0.717, 1.165) is 6.42 Å². The molecule has 1 aromatic carbocycles. The van der Waals surface area contributed by atoms with Crippen molar-refractivity contribution in [2.45, 2.75) is 30.9 Å². The standard InChI is InChI=1S/C18H19NO4/c20-17(13-6-10-12(7-23-13)15(10)18(21)22)19-16-11-5-8-3-1-2-4-9(8)14(11)16/h1-4,10-16H,5-7H2,(H,19,20)(H,21,22)/t10-,11-,12+,13-,14+,15-,16+/m0/s1. The Morgan fingerprint density at radius 1 is 1.17 bits per heavy atom. The molecule has 2 N–H and O–H groups in total. The van der Waals surface area contributed by atoms with E-state index in [0.29, 0.717) is 24.9 Å². The summed E-state index contributed by atoms with van der Waals surface area (Å²) in [4.78, 5) is 23.5. The zero-order valence-electron chi connectivity index (χ0n) is 12.6. The Hall–Kier alpha value is -1.88. The first-order valence-corrected chi connectivity index (χ1v) is 8.37. The summed E-state index contributed by atoms with van der Waals surface area (Å²) < 4.78 is 5.62. The topological polar surface area (TPSA) is 75.6 Å². The van der Waals surface area contributed by atoms with Crippen LogP contribution in [0.2, 0.25) is 0 Å². The van der Waals surface area contributed by atoms with Crippen molar-refractivity contribution in [1.29, 1.82) is 0 Å². The number of fused-ring (bicyclic) bond motifs is 4. The van der Waals surface area contributed by atoms with Crippen LogP contribution in [0.3, 0.4) is 0 Å². The summed E-state index contributed by atoms with van der Waals surface area (Å²) in [7, 11) is 0. The fraction of sp³-hybridized carbons (Fsp3) is 0.556. The van der Waals surface area contributed by atoms with Crippen LogP contribution in [0.4, 0.5) is 0 Å². The normalized spacial score (nSPS) is 42.2. The molecule has 4 aliphatic rings. The number of rotatable bonds is 3. The smallest absolute Gasteiger partial charge is 0.307 e. The predicted molar refractivity (Wildman–Crippen MR) is 80.8 cm³/mol. The van der Waals surface area contributed by atoms with Gasteiger partial charge in [0.15, 0.2) is 0 Å². The highest BCUT2D eigenvalue weighted by Crippen LogP contribution is 2.56. The summed E-state index contributed by atoms with van der Waals surface area (Å²) in [6, 6.07) is 8.69. The van der Waals surface area contributed by atoms with Gasteiger partial charge in [0.05, 0.1) is 12.5 Å². The Morgan fingerprint density at radius 3 is 2.83 bits per heavy atom. The van der Waals surface area contributed by atoms with Crippen LogP contribution in [0.25, 0.3) is 0 Å². The van der Waals surface area contributed by atoms with E-state index >= 15 is 0 Å². The molecule has 1 aliphatic heterocycles. The van der Waals surface area contributed by atoms with Crippen LogP contribution < -0.4 is 5.32 Å². The van der Waals surface area contributed by atoms with Crippen LogP contribution in [-0.2, 0) is 20.7 Å². The monoisotopic (exact) mass is 313 g/mol. The second kappa shape index (κ2) is 4.57. The Balaban J connectivity index is 1.21. The predicted octanol–water partition coefficient (Wildman–Crippen LogP) is 1.18. The molecule has 1 aromatic rings. The van der Waals surface area contributed by atoms with E-state index in [9.17, 15) is 9.59 Å². The number of nitrogens with one attached hydrogen (secondary N) is 1. The SMILES string of the molecule is O=C(O)[C@@H]1[C@@H]2CO[C@H](C(=O)N[C@@H]3[C@H]4Cc5ccccc5[C@H]43)C[C@@H]21. The molecule has 23 heavy (non-hydrogen) atoms. The van der Waals surface area contributed by atoms with Crippen molar-refractivity contribution in [3.05, 3.63) is 35.4 Å². The fourth-order valence-electron chi connectivity index (χ4n) is 4.89. The van der Waals surface area contributed by atoms with Crippen LogP contribution in [-0.4, -0.2) is 35.7 Å². The molecule has 3 fully saturated rings. The van der Waals surface area contributed by atoms with Gasteiger partial charge in [0.1, 0.15) is 6.10 Å². The molecule has 1 saturated heterocycles. The molecular formula is C18H19NO4. The number of ether oxygens (including phenoxy) is 1. The molecule has 1 amide bonds. The van der Waals surface area contributed by atoms with Gasteiger partial charge in [-0.05, 0) is 41.7 Å². The largest absolute Gasteiger partial charge is 0.481 e. The van der Waals surface area contributed by atoms with Gasteiger partial charge in [-0.25, -0.2) is 0 Å². The van der Waals surface area contributed by atoms with Crippen molar-refractivity contribution in [3.8, 4) is 0 Å². The number of amides is 1. The van der Waals surface area contributed by atoms with E-state index in [4.69, 9.17) is 9.84 Å². The summed E-state index contributed by atoms with van der Waals surface area (Å²) in [5, 5.41) is 12.2. The molecule has 2 saturated carbocycles. The van der Waals surface area contributed by atoms with Gasteiger partial charge in [-0.1, -0.05) is 24.3 Å². The van der Waals surface area contributed by atoms with E-state index in [1.165, 1.54) is 11.1 Å². The number of hydrogen-bond acceptors (Lipinski definition) is 3. The van der Waals surface area contributed by atoms with Gasteiger partial charge in [-0.2, -0.15) is 0 Å². The van der Waals surface area contributed by atoms with Crippen molar-refractivity contribution >= 4 is 11.9 Å². The molecule has 120 valence electrons. The maximum absolute atomic E-state index is 12.4. The summed E-state index contributed by atoms with van der Waals surface area (Å²) in [6.45, 7) is 0.403. The van der Waals surface area contributed by atoms with Gasteiger partial charge in [-0.3, -0.25) is 9.59 Å². The van der Waals surface area contributed by atoms with Crippen molar-refractivity contribution in [2.75, 3.05) is 6.61 Å². The molecule has 1 heterocycles. The molecule has 0 unspecified atom stereocenters. The first-order valence-electron chi connectivity index (χ1n) is 8.37. The lowest BCUT2D eigenvalue weighted by Crippen LogP contribution is -2.41. The van der Waals surface area contributed by atoms with Gasteiger partial charge in [0.2, 0.25) is 5.91 Å². The second-order valence-corrected chi connectivity index (χ2v) is 7.38. The van der Waals surface area contributed by atoms with Crippen molar-refractivity contribution in [3.63, 3.8) is 0 Å². The van der Waals surface area contributed by atoms with Gasteiger partial charge in [0, 0.05) is 12.0 Å². The molecule has 5 nitrogen and oxygen atoms in total. The number of benzene rings is 1. The lowest BCUT2D eigenvalue weighted by Gasteiger charge is -2.21. The number of carbonyl (C=O) groups excluding carboxylic acids is 1. The highest BCUT2D eigenvalue weighted by atomic mass is 16.5. The molecule has 0 spiro atoms. The number of carbonyl (C=O) groups is 2. The summed E-state index contributed by atoms with van der Waals surface area (Å²) in [5.74, 6) is 0.106. The number of aliphatic carboxylic acids is 1. The minimum Gasteiger partial charge on any atom is -0.481 e. The van der Waals surface area contributed by atoms with Crippen LogP contribution in [0.5, 0.6) is 0 Å². The molecule has 7 atom stereocenters. The van der Waals surface area contributed by atoms with E-state index in [1.54, 1.807) is 0 Å². The zero-order chi connectivity index (χ0) is 15.7. The molecule has 0 bridgehead atoms. The molecule has 0 aromatic heterocycles. The zero-order valence-corrected chi connectivity index (χ0v) is 12.6. The number of hydrogen-bond donors (Lipinski definition) is 2. The Bertz CT molecular complexity index is 702. The van der Waals surface area contributed by atoms with Gasteiger partial charge < -0.3 is 15.2 Å². The molecule has 5 heteroatoms. The van der Waals surface area contributed by atoms with Crippen LogP contribution in [0, 0.1) is 23.7 Å². The minimum atomic E-state index is -0.752. The summed E-state index contributed by atoms with van der Waals surface area (Å²) in [5.41, 5.74) is 2.78. The van der Waals surface area contributed by atoms with Crippen LogP contribution in [0.1, 0.15) is 23.5 Å². The van der Waals surface area contributed by atoms with E-state index in [-0.39, 0.29) is 29.7 Å². The lowest BCUT2D eigenvalue weighted by molar-refractivity contribution is -0.139. The highest BCUT2D eigenvalue weighted by Gasteiger charge is 2.60. The van der Waals surface area contributed by atoms with Crippen molar-refractivity contribution < 1.29 is 19.4 Å². The molecule has 5 rings (SSSR count). The average molecular weight is 313 g/mol. The summed E-state index contributed by atoms with van der Waals surface area (Å²) in [6.07, 6.45) is 1.12. The third-order valence-corrected chi connectivity index (χ3v) is 6.23. The number of carboxylic acid groups (broad SMARTS) is 1. The summed E-state index contributed by atoms with van der Waals surface area (Å²) >= 11 is 0. The molecule has 0 radical (unpaired) electrons. The van der Waals surface area contributed by atoms with E-state index in [1.807, 2.05) is 0 Å². The second-order valence-electron chi connectivity index (χ2n) is 7.38. The van der Waals surface area contributed by atoms with Crippen LogP contribution in [0.15, 0.2) is 24.3 Å². The Kier molecular flexibility index (Phi) is 2.69. The van der Waals surface area contributed by atoms with Gasteiger partial charge in [0.25, 0.3) is 0 Å². The minimum absolute atomic E-state index is 0.0589. The maximum atomic E-state index is 12.4. The average Bonchev–Trinajstić information content (AvgIpc) is 3.39. The third-order valence-electron chi connectivity index (χ3n) is 6.23. The highest BCUT2D eigenvalue weighted by molar-refractivity contribution is 5.83. The molecule has 3 aliphatic carbocycles. The van der Waals surface area contributed by atoms with Gasteiger partial charge in [-0.15, -0.1) is 0 Å². The van der Waals surface area contributed by atoms with E-state index in [2.05, 4.69) is 29.6 Å². The van der Waals surface area contributed by atoms with Gasteiger partial charge >= 0.3 is 5.97 Å². The first-order chi connectivity index (χ1) is 11.1. The first kappa shape index (κ1) is 13.5. The number of carboxylic acids is 1. The fourth-order valence-corrected chi connectivity index (χ4v) is 4.89. The Labute approximate surface area is 134 Å². The lowest BCUT2D eigenvalue weighted by atomic mass is 10.0.